The predicted octanol–water partition coefficient (Wildman–Crippen LogP) is 2.15. The summed E-state index contributed by atoms with van der Waals surface area (Å²) in [7, 11) is 0. The highest BCUT2D eigenvalue weighted by atomic mass is 16.5. The number of rotatable bonds is 4. The van der Waals surface area contributed by atoms with E-state index in [2.05, 4.69) is 0 Å². The molecule has 0 saturated heterocycles. The third-order valence-electron chi connectivity index (χ3n) is 0.926. The number of ether oxygens (including phenoxy) is 1. The average Bonchev–Trinajstić information content (AvgIpc) is 1.85. The van der Waals surface area contributed by atoms with Crippen LogP contribution in [-0.4, -0.2) is 5.97 Å². The maximum atomic E-state index is 10.7. The van der Waals surface area contributed by atoms with Crippen LogP contribution < -0.4 is 0 Å². The van der Waals surface area contributed by atoms with Crippen molar-refractivity contribution in [2.24, 2.45) is 5.92 Å². The van der Waals surface area contributed by atoms with Gasteiger partial charge in [-0.15, -0.1) is 0 Å². The highest BCUT2D eigenvalue weighted by Crippen LogP contribution is 2.01. The maximum absolute atomic E-state index is 10.7. The molecule has 0 heterocycles. The highest BCUT2D eigenvalue weighted by Gasteiger charge is 2.01. The van der Waals surface area contributed by atoms with E-state index < -0.39 is 0 Å². The van der Waals surface area contributed by atoms with Gasteiger partial charge in [-0.3, -0.25) is 4.79 Å². The Hall–Kier alpha value is -0.530. The van der Waals surface area contributed by atoms with Gasteiger partial charge in [-0.25, -0.2) is 0 Å². The molecule has 59 valence electrons. The van der Waals surface area contributed by atoms with E-state index in [0.29, 0.717) is 12.3 Å². The normalized spacial score (nSPS) is 10.0. The molecule has 0 fully saturated rings. The zero-order valence-corrected chi connectivity index (χ0v) is 6.89. The second-order valence-corrected chi connectivity index (χ2v) is 2.62. The first kappa shape index (κ1) is 9.47. The van der Waals surface area contributed by atoms with Gasteiger partial charge in [0.15, 0.2) is 0 Å². The molecule has 0 aliphatic rings. The molecule has 0 aliphatic heterocycles. The van der Waals surface area contributed by atoms with E-state index in [1.54, 1.807) is 6.61 Å². The van der Waals surface area contributed by atoms with Gasteiger partial charge in [0.25, 0.3) is 0 Å². The first-order valence-corrected chi connectivity index (χ1v) is 3.69. The molecule has 2 heteroatoms. The number of hydrogen-bond donors (Lipinski definition) is 0. The summed E-state index contributed by atoms with van der Waals surface area (Å²) >= 11 is 0. The number of hydrogen-bond acceptors (Lipinski definition) is 2. The van der Waals surface area contributed by atoms with Gasteiger partial charge in [-0.05, 0) is 12.3 Å². The SMILES string of the molecule is CCCC(=O)O[CH]C(C)C. The van der Waals surface area contributed by atoms with E-state index in [4.69, 9.17) is 4.74 Å². The molecule has 0 aliphatic carbocycles. The Morgan fingerprint density at radius 2 is 2.20 bits per heavy atom. The summed E-state index contributed by atoms with van der Waals surface area (Å²) in [5.74, 6) is 0.192. The van der Waals surface area contributed by atoms with Crippen LogP contribution in [0, 0.1) is 12.5 Å². The van der Waals surface area contributed by atoms with Gasteiger partial charge in [-0.1, -0.05) is 20.8 Å². The van der Waals surface area contributed by atoms with Gasteiger partial charge in [0.2, 0.25) is 0 Å². The van der Waals surface area contributed by atoms with Gasteiger partial charge in [0, 0.05) is 6.42 Å². The van der Waals surface area contributed by atoms with Crippen molar-refractivity contribution in [3.05, 3.63) is 6.61 Å². The van der Waals surface area contributed by atoms with Gasteiger partial charge >= 0.3 is 5.97 Å². The van der Waals surface area contributed by atoms with Crippen LogP contribution in [0.2, 0.25) is 0 Å². The van der Waals surface area contributed by atoms with E-state index in [-0.39, 0.29) is 5.97 Å². The van der Waals surface area contributed by atoms with Crippen molar-refractivity contribution in [3.8, 4) is 0 Å². The Morgan fingerprint density at radius 1 is 1.60 bits per heavy atom. The minimum absolute atomic E-state index is 0.129. The Kier molecular flexibility index (Phi) is 4.99. The third-order valence-corrected chi connectivity index (χ3v) is 0.926. The lowest BCUT2D eigenvalue weighted by atomic mass is 10.2. The maximum Gasteiger partial charge on any atom is 0.306 e. The van der Waals surface area contributed by atoms with Crippen molar-refractivity contribution in [1.82, 2.24) is 0 Å². The van der Waals surface area contributed by atoms with Crippen molar-refractivity contribution in [1.29, 1.82) is 0 Å². The fourth-order valence-electron chi connectivity index (χ4n) is 0.475. The summed E-state index contributed by atoms with van der Waals surface area (Å²) in [6.45, 7) is 7.47. The van der Waals surface area contributed by atoms with E-state index in [9.17, 15) is 4.79 Å². The minimum Gasteiger partial charge on any atom is -0.458 e. The van der Waals surface area contributed by atoms with Crippen molar-refractivity contribution < 1.29 is 9.53 Å². The minimum atomic E-state index is -0.129. The molecule has 0 amide bonds. The molecule has 0 rings (SSSR count). The van der Waals surface area contributed by atoms with E-state index >= 15 is 0 Å². The molecule has 10 heavy (non-hydrogen) atoms. The second kappa shape index (κ2) is 5.27. The lowest BCUT2D eigenvalue weighted by Gasteiger charge is -2.03. The van der Waals surface area contributed by atoms with Gasteiger partial charge in [-0.2, -0.15) is 0 Å². The van der Waals surface area contributed by atoms with E-state index in [1.807, 2.05) is 20.8 Å². The third kappa shape index (κ3) is 5.60. The number of carbonyl (C=O) groups is 1. The first-order valence-electron chi connectivity index (χ1n) is 3.69. The van der Waals surface area contributed by atoms with Crippen molar-refractivity contribution in [2.45, 2.75) is 33.6 Å². The predicted molar refractivity (Wildman–Crippen MR) is 40.1 cm³/mol. The second-order valence-electron chi connectivity index (χ2n) is 2.62. The molecule has 0 N–H and O–H groups in total. The molecule has 0 aromatic heterocycles. The first-order chi connectivity index (χ1) is 4.66. The molecule has 0 saturated carbocycles. The topological polar surface area (TPSA) is 26.3 Å². The molecule has 0 spiro atoms. The summed E-state index contributed by atoms with van der Waals surface area (Å²) in [5, 5.41) is 0. The van der Waals surface area contributed by atoms with Crippen LogP contribution in [-0.2, 0) is 9.53 Å². The van der Waals surface area contributed by atoms with Gasteiger partial charge in [0.1, 0.15) is 6.61 Å². The molecule has 0 bridgehead atoms. The summed E-state index contributed by atoms with van der Waals surface area (Å²) in [6, 6.07) is 0. The monoisotopic (exact) mass is 143 g/mol. The van der Waals surface area contributed by atoms with Crippen LogP contribution in [0.5, 0.6) is 0 Å². The molecular weight excluding hydrogens is 128 g/mol. The Bertz CT molecular complexity index is 97.4. The standard InChI is InChI=1S/C8H15O2/c1-4-5-8(9)10-6-7(2)3/h6-7H,4-5H2,1-3H3. The molecule has 0 atom stereocenters. The summed E-state index contributed by atoms with van der Waals surface area (Å²) in [4.78, 5) is 10.7. The molecule has 1 radical (unpaired) electrons. The number of carbonyl (C=O) groups excluding carboxylic acids is 1. The van der Waals surface area contributed by atoms with Crippen molar-refractivity contribution in [2.75, 3.05) is 0 Å². The summed E-state index contributed by atoms with van der Waals surface area (Å²) in [5.41, 5.74) is 0. The van der Waals surface area contributed by atoms with Crippen LogP contribution in [0.15, 0.2) is 0 Å². The Morgan fingerprint density at radius 3 is 2.60 bits per heavy atom. The van der Waals surface area contributed by atoms with E-state index in [1.165, 1.54) is 0 Å². The summed E-state index contributed by atoms with van der Waals surface area (Å²) < 4.78 is 4.78. The van der Waals surface area contributed by atoms with E-state index in [0.717, 1.165) is 6.42 Å². The summed E-state index contributed by atoms with van der Waals surface area (Å²) in [6.07, 6.45) is 1.37. The molecule has 0 aromatic carbocycles. The van der Waals surface area contributed by atoms with Gasteiger partial charge in [0.05, 0.1) is 0 Å². The smallest absolute Gasteiger partial charge is 0.306 e. The van der Waals surface area contributed by atoms with Crippen molar-refractivity contribution >= 4 is 5.97 Å². The lowest BCUT2D eigenvalue weighted by molar-refractivity contribution is -0.140. The van der Waals surface area contributed by atoms with Crippen LogP contribution in [0.3, 0.4) is 0 Å². The largest absolute Gasteiger partial charge is 0.458 e. The zero-order valence-electron chi connectivity index (χ0n) is 6.89. The van der Waals surface area contributed by atoms with Crippen LogP contribution in [0.25, 0.3) is 0 Å². The van der Waals surface area contributed by atoms with Gasteiger partial charge < -0.3 is 4.74 Å². The molecule has 0 aromatic rings. The van der Waals surface area contributed by atoms with Crippen LogP contribution in [0.1, 0.15) is 33.6 Å². The quantitative estimate of drug-likeness (QED) is 0.563. The van der Waals surface area contributed by atoms with Crippen molar-refractivity contribution in [3.63, 3.8) is 0 Å². The van der Waals surface area contributed by atoms with Crippen LogP contribution >= 0.6 is 0 Å². The molecular formula is C8H15O2. The number of esters is 1. The van der Waals surface area contributed by atoms with Crippen LogP contribution in [0.4, 0.5) is 0 Å². The zero-order chi connectivity index (χ0) is 7.98. The average molecular weight is 143 g/mol. The molecule has 2 nitrogen and oxygen atoms in total. The fourth-order valence-corrected chi connectivity index (χ4v) is 0.475. The Labute approximate surface area is 62.6 Å². The highest BCUT2D eigenvalue weighted by molar-refractivity contribution is 5.69. The molecule has 0 unspecified atom stereocenters. The fraction of sp³-hybridized carbons (Fsp3) is 0.750. The lowest BCUT2D eigenvalue weighted by Crippen LogP contribution is -2.04. The Balaban J connectivity index is 3.22.